The largest absolute Gasteiger partial charge is 0.417 e. The fourth-order valence-electron chi connectivity index (χ4n) is 5.81. The normalized spacial score (nSPS) is 18.5. The zero-order valence-electron chi connectivity index (χ0n) is 24.1. The molecule has 4 aromatic rings. The molecule has 44 heavy (non-hydrogen) atoms. The van der Waals surface area contributed by atoms with Gasteiger partial charge >= 0.3 is 6.18 Å². The summed E-state index contributed by atoms with van der Waals surface area (Å²) in [5, 5.41) is 14.5. The third kappa shape index (κ3) is 5.40. The maximum absolute atomic E-state index is 14.2. The second-order valence-electron chi connectivity index (χ2n) is 11.3. The first-order chi connectivity index (χ1) is 20.8. The number of aromatic nitrogens is 5. The average Bonchev–Trinajstić information content (AvgIpc) is 3.56. The van der Waals surface area contributed by atoms with Crippen molar-refractivity contribution in [3.8, 4) is 11.6 Å². The van der Waals surface area contributed by atoms with Crippen LogP contribution in [0.3, 0.4) is 0 Å². The summed E-state index contributed by atoms with van der Waals surface area (Å²) >= 11 is 2.92. The van der Waals surface area contributed by atoms with Gasteiger partial charge in [0.15, 0.2) is 0 Å². The van der Waals surface area contributed by atoms with E-state index in [1.807, 2.05) is 24.8 Å². The Kier molecular flexibility index (Phi) is 7.60. The Labute approximate surface area is 258 Å². The third-order valence-electron chi connectivity index (χ3n) is 8.05. The van der Waals surface area contributed by atoms with Crippen molar-refractivity contribution >= 4 is 27.7 Å². The van der Waals surface area contributed by atoms with E-state index in [-0.39, 0.29) is 34.5 Å². The monoisotopic (exact) mass is 671 g/mol. The molecule has 3 aromatic heterocycles. The molecule has 2 aliphatic rings. The number of hydrogen-bond donors (Lipinski definition) is 1. The minimum atomic E-state index is -4.64. The molecule has 10 nitrogen and oxygen atoms in total. The van der Waals surface area contributed by atoms with Crippen LogP contribution in [-0.2, 0) is 19.1 Å². The van der Waals surface area contributed by atoms with Crippen LogP contribution in [0.1, 0.15) is 51.9 Å². The summed E-state index contributed by atoms with van der Waals surface area (Å²) < 4.78 is 43.5. The van der Waals surface area contributed by atoms with Gasteiger partial charge in [0.1, 0.15) is 5.82 Å². The number of benzene rings is 1. The maximum Gasteiger partial charge on any atom is 0.417 e. The molecule has 14 heteroatoms. The molecule has 1 aromatic carbocycles. The number of alkyl halides is 3. The molecule has 0 bridgehead atoms. The molecule has 1 fully saturated rings. The minimum Gasteiger partial charge on any atom is -0.391 e. The van der Waals surface area contributed by atoms with E-state index in [1.54, 1.807) is 29.9 Å². The van der Waals surface area contributed by atoms with Crippen molar-refractivity contribution in [3.63, 3.8) is 0 Å². The SMILES string of the molecule is Cc1cc(C)n(-c2nc3c(c(=O)n2-c2ccc(N4CCC(O)C4)nc2)CC(C)N(C(=O)c2ccc(Br)c(C(F)(F)F)c2)C3)n1. The summed E-state index contributed by atoms with van der Waals surface area (Å²) in [7, 11) is 0. The molecule has 0 spiro atoms. The number of aliphatic hydroxyl groups excluding tert-OH is 1. The lowest BCUT2D eigenvalue weighted by Crippen LogP contribution is -2.46. The van der Waals surface area contributed by atoms with E-state index in [0.29, 0.717) is 48.0 Å². The van der Waals surface area contributed by atoms with Crippen molar-refractivity contribution in [2.24, 2.45) is 0 Å². The van der Waals surface area contributed by atoms with E-state index in [0.717, 1.165) is 11.8 Å². The zero-order valence-corrected chi connectivity index (χ0v) is 25.7. The number of fused-ring (bicyclic) bond motifs is 1. The predicted octanol–water partition coefficient (Wildman–Crippen LogP) is 4.37. The number of anilines is 1. The highest BCUT2D eigenvalue weighted by Gasteiger charge is 2.36. The van der Waals surface area contributed by atoms with Gasteiger partial charge in [-0.15, -0.1) is 0 Å². The number of rotatable bonds is 4. The number of carbonyl (C=O) groups is 1. The van der Waals surface area contributed by atoms with Crippen LogP contribution in [0.2, 0.25) is 0 Å². The maximum atomic E-state index is 14.2. The molecule has 5 heterocycles. The van der Waals surface area contributed by atoms with Crippen LogP contribution < -0.4 is 10.5 Å². The molecule has 0 aliphatic carbocycles. The summed E-state index contributed by atoms with van der Waals surface area (Å²) in [5.41, 5.74) is 1.27. The molecule has 0 saturated carbocycles. The van der Waals surface area contributed by atoms with Crippen molar-refractivity contribution in [2.75, 3.05) is 18.0 Å². The van der Waals surface area contributed by atoms with Crippen LogP contribution in [0, 0.1) is 13.8 Å². The Morgan fingerprint density at radius 2 is 1.91 bits per heavy atom. The quantitative estimate of drug-likeness (QED) is 0.343. The van der Waals surface area contributed by atoms with Gasteiger partial charge in [0, 0.05) is 40.4 Å². The van der Waals surface area contributed by atoms with Gasteiger partial charge in [-0.25, -0.2) is 19.2 Å². The summed E-state index contributed by atoms with van der Waals surface area (Å²) in [6.07, 6.45) is -2.66. The van der Waals surface area contributed by atoms with Gasteiger partial charge in [0.05, 0.1) is 41.5 Å². The number of carbonyl (C=O) groups excluding carboxylic acids is 1. The zero-order chi connectivity index (χ0) is 31.5. The first-order valence-electron chi connectivity index (χ1n) is 14.1. The molecule has 2 atom stereocenters. The van der Waals surface area contributed by atoms with E-state index >= 15 is 0 Å². The second kappa shape index (κ2) is 11.1. The first-order valence-corrected chi connectivity index (χ1v) is 14.9. The Balaban J connectivity index is 1.42. The van der Waals surface area contributed by atoms with Crippen LogP contribution in [0.25, 0.3) is 11.6 Å². The topological polar surface area (TPSA) is 109 Å². The number of pyridine rings is 1. The van der Waals surface area contributed by atoms with Crippen molar-refractivity contribution in [2.45, 2.75) is 58.5 Å². The van der Waals surface area contributed by atoms with Crippen LogP contribution in [0.15, 0.2) is 51.9 Å². The van der Waals surface area contributed by atoms with Gasteiger partial charge in [-0.3, -0.25) is 9.59 Å². The van der Waals surface area contributed by atoms with Gasteiger partial charge in [0.25, 0.3) is 11.5 Å². The Morgan fingerprint density at radius 1 is 1.14 bits per heavy atom. The number of hydrogen-bond acceptors (Lipinski definition) is 7. The van der Waals surface area contributed by atoms with Crippen molar-refractivity contribution in [1.29, 1.82) is 0 Å². The summed E-state index contributed by atoms with van der Waals surface area (Å²) in [4.78, 5) is 40.5. The fourth-order valence-corrected chi connectivity index (χ4v) is 6.28. The Bertz CT molecular complexity index is 1820. The second-order valence-corrected chi connectivity index (χ2v) is 12.1. The van der Waals surface area contributed by atoms with Crippen molar-refractivity contribution in [3.05, 3.63) is 91.2 Å². The summed E-state index contributed by atoms with van der Waals surface area (Å²) in [6, 6.07) is 8.31. The van der Waals surface area contributed by atoms with Crippen LogP contribution in [0.4, 0.5) is 19.0 Å². The molecule has 230 valence electrons. The van der Waals surface area contributed by atoms with Gasteiger partial charge < -0.3 is 14.9 Å². The number of aliphatic hydroxyl groups is 1. The van der Waals surface area contributed by atoms with Gasteiger partial charge in [-0.05, 0) is 70.0 Å². The third-order valence-corrected chi connectivity index (χ3v) is 8.74. The minimum absolute atomic E-state index is 0.0659. The molecule has 0 radical (unpaired) electrons. The van der Waals surface area contributed by atoms with E-state index < -0.39 is 29.8 Å². The number of aryl methyl sites for hydroxylation is 2. The van der Waals surface area contributed by atoms with Crippen LogP contribution >= 0.6 is 15.9 Å². The fraction of sp³-hybridized carbons (Fsp3) is 0.367. The Morgan fingerprint density at radius 3 is 2.52 bits per heavy atom. The van der Waals surface area contributed by atoms with Crippen molar-refractivity contribution < 1.29 is 23.1 Å². The standard InChI is InChI=1S/C30H29BrF3N7O3/c1-16-10-18(3)41(37-16)29-36-25-15-39(27(43)19-4-6-24(31)23(12-19)30(32,33)34)17(2)11-22(25)28(44)40(29)20-5-7-26(35-13-20)38-9-8-21(42)14-38/h4-7,10,12-13,17,21,42H,8-9,11,14-15H2,1-3H3. The molecule has 1 saturated heterocycles. The first kappa shape index (κ1) is 30.0. The molecular formula is C30H29BrF3N7O3. The highest BCUT2D eigenvalue weighted by molar-refractivity contribution is 9.10. The lowest BCUT2D eigenvalue weighted by Gasteiger charge is -2.34. The van der Waals surface area contributed by atoms with E-state index in [4.69, 9.17) is 4.98 Å². The Hall–Kier alpha value is -4.04. The summed E-state index contributed by atoms with van der Waals surface area (Å²) in [6.45, 7) is 6.50. The van der Waals surface area contributed by atoms with E-state index in [2.05, 4.69) is 26.0 Å². The number of nitrogens with zero attached hydrogens (tertiary/aromatic N) is 7. The van der Waals surface area contributed by atoms with Gasteiger partial charge in [-0.1, -0.05) is 15.9 Å². The van der Waals surface area contributed by atoms with E-state index in [9.17, 15) is 27.9 Å². The highest BCUT2D eigenvalue weighted by atomic mass is 79.9. The molecular weight excluding hydrogens is 643 g/mol. The molecule has 2 unspecified atom stereocenters. The number of halogens is 4. The molecule has 6 rings (SSSR count). The number of β-amino-alcohol motifs (C(OH)–C–C–N with tert-alkyl or cyclic N) is 1. The predicted molar refractivity (Wildman–Crippen MR) is 159 cm³/mol. The highest BCUT2D eigenvalue weighted by Crippen LogP contribution is 2.36. The van der Waals surface area contributed by atoms with Crippen LogP contribution in [0.5, 0.6) is 0 Å². The lowest BCUT2D eigenvalue weighted by molar-refractivity contribution is -0.138. The lowest BCUT2D eigenvalue weighted by atomic mass is 9.98. The molecule has 2 aliphatic heterocycles. The summed E-state index contributed by atoms with van der Waals surface area (Å²) in [5.74, 6) is 0.295. The van der Waals surface area contributed by atoms with E-state index in [1.165, 1.54) is 21.6 Å². The van der Waals surface area contributed by atoms with Gasteiger partial charge in [0.2, 0.25) is 5.95 Å². The van der Waals surface area contributed by atoms with Crippen LogP contribution in [-0.4, -0.2) is 65.5 Å². The van der Waals surface area contributed by atoms with Gasteiger partial charge in [-0.2, -0.15) is 18.3 Å². The number of amides is 1. The molecule has 1 amide bonds. The smallest absolute Gasteiger partial charge is 0.391 e. The average molecular weight is 673 g/mol. The van der Waals surface area contributed by atoms with Crippen molar-refractivity contribution in [1.82, 2.24) is 29.2 Å². The molecule has 1 N–H and O–H groups in total.